The second kappa shape index (κ2) is 5.89. The first-order valence-corrected chi connectivity index (χ1v) is 8.21. The van der Waals surface area contributed by atoms with Gasteiger partial charge in [0.25, 0.3) is 10.0 Å². The summed E-state index contributed by atoms with van der Waals surface area (Å²) in [7, 11) is -2.60. The summed E-state index contributed by atoms with van der Waals surface area (Å²) in [6, 6.07) is 6.36. The van der Waals surface area contributed by atoms with Gasteiger partial charge in [0.05, 0.1) is 4.90 Å². The van der Waals surface area contributed by atoms with Gasteiger partial charge in [-0.1, -0.05) is 0 Å². The van der Waals surface area contributed by atoms with E-state index in [4.69, 9.17) is 0 Å². The lowest BCUT2D eigenvalue weighted by molar-refractivity contribution is 0.590. The van der Waals surface area contributed by atoms with E-state index in [0.717, 1.165) is 6.07 Å². The predicted octanol–water partition coefficient (Wildman–Crippen LogP) is 0.906. The van der Waals surface area contributed by atoms with E-state index < -0.39 is 21.5 Å². The van der Waals surface area contributed by atoms with Crippen molar-refractivity contribution in [2.75, 3.05) is 4.72 Å². The quantitative estimate of drug-likeness (QED) is 0.755. The van der Waals surface area contributed by atoms with Crippen molar-refractivity contribution in [2.45, 2.75) is 4.90 Å². The number of aryl methyl sites for hydroxylation is 1. The molecular formula is C14H12FN5O3S. The molecular weight excluding hydrogens is 337 g/mol. The van der Waals surface area contributed by atoms with Crippen LogP contribution in [0.1, 0.15) is 0 Å². The molecule has 0 saturated carbocycles. The highest BCUT2D eigenvalue weighted by Gasteiger charge is 2.18. The van der Waals surface area contributed by atoms with E-state index in [-0.39, 0.29) is 16.4 Å². The largest absolute Gasteiger partial charge is 0.349 e. The van der Waals surface area contributed by atoms with Gasteiger partial charge >= 0.3 is 5.69 Å². The minimum absolute atomic E-state index is 0.116. The van der Waals surface area contributed by atoms with Crippen LogP contribution < -0.4 is 10.4 Å². The number of halogens is 1. The second-order valence-corrected chi connectivity index (χ2v) is 6.56. The van der Waals surface area contributed by atoms with Crippen molar-refractivity contribution in [1.82, 2.24) is 19.3 Å². The number of hydrogen-bond donors (Lipinski definition) is 1. The van der Waals surface area contributed by atoms with Gasteiger partial charge in [0.1, 0.15) is 17.3 Å². The van der Waals surface area contributed by atoms with Crippen molar-refractivity contribution in [2.24, 2.45) is 7.05 Å². The molecule has 0 spiro atoms. The molecule has 1 aromatic carbocycles. The number of nitrogens with zero attached hydrogens (tertiary/aromatic N) is 4. The third-order valence-corrected chi connectivity index (χ3v) is 4.55. The molecule has 10 heteroatoms. The van der Waals surface area contributed by atoms with Crippen LogP contribution in [0.5, 0.6) is 0 Å². The summed E-state index contributed by atoms with van der Waals surface area (Å²) in [4.78, 5) is 14.7. The summed E-state index contributed by atoms with van der Waals surface area (Å²) in [6.07, 6.45) is 4.39. The van der Waals surface area contributed by atoms with Gasteiger partial charge in [-0.15, -0.1) is 0 Å². The molecule has 3 rings (SSSR count). The molecule has 2 heterocycles. The molecule has 8 nitrogen and oxygen atoms in total. The normalized spacial score (nSPS) is 11.4. The highest BCUT2D eigenvalue weighted by atomic mass is 32.2. The average molecular weight is 349 g/mol. The lowest BCUT2D eigenvalue weighted by atomic mass is 10.3. The zero-order valence-corrected chi connectivity index (χ0v) is 13.2. The van der Waals surface area contributed by atoms with Crippen LogP contribution >= 0.6 is 0 Å². The van der Waals surface area contributed by atoms with E-state index >= 15 is 0 Å². The Morgan fingerprint density at radius 2 is 2.00 bits per heavy atom. The van der Waals surface area contributed by atoms with Crippen LogP contribution in [-0.2, 0) is 17.1 Å². The lowest BCUT2D eigenvalue weighted by Crippen LogP contribution is -2.22. The van der Waals surface area contributed by atoms with E-state index in [9.17, 15) is 17.6 Å². The summed E-state index contributed by atoms with van der Waals surface area (Å²) >= 11 is 0. The first kappa shape index (κ1) is 15.9. The number of aromatic nitrogens is 4. The fourth-order valence-electron chi connectivity index (χ4n) is 1.97. The summed E-state index contributed by atoms with van der Waals surface area (Å²) in [5.41, 5.74) is -0.499. The van der Waals surface area contributed by atoms with Crippen LogP contribution in [0.4, 0.5) is 10.2 Å². The first-order chi connectivity index (χ1) is 11.4. The molecule has 0 radical (unpaired) electrons. The van der Waals surface area contributed by atoms with Crippen LogP contribution in [-0.4, -0.2) is 27.7 Å². The standard InChI is InChI=1S/C14H12FN5O3S/c1-19-8-5-13(17-14(19)21)18-24(22,23)10-3-4-12(11(15)9-10)20-7-2-6-16-20/h2-9H,1H3,(H,17,18,21). The molecule has 0 bridgehead atoms. The third kappa shape index (κ3) is 3.04. The predicted molar refractivity (Wildman–Crippen MR) is 83.8 cm³/mol. The zero-order chi connectivity index (χ0) is 17.3. The molecule has 0 saturated heterocycles. The monoisotopic (exact) mass is 349 g/mol. The summed E-state index contributed by atoms with van der Waals surface area (Å²) in [5.74, 6) is -0.895. The highest BCUT2D eigenvalue weighted by molar-refractivity contribution is 7.92. The van der Waals surface area contributed by atoms with Gasteiger partial charge in [-0.3, -0.25) is 4.72 Å². The summed E-state index contributed by atoms with van der Waals surface area (Å²) in [5, 5.41) is 3.89. The van der Waals surface area contributed by atoms with E-state index in [2.05, 4.69) is 14.8 Å². The van der Waals surface area contributed by atoms with Gasteiger partial charge in [-0.2, -0.15) is 10.1 Å². The van der Waals surface area contributed by atoms with Crippen LogP contribution in [0, 0.1) is 5.82 Å². The Morgan fingerprint density at radius 3 is 2.62 bits per heavy atom. The molecule has 0 amide bonds. The zero-order valence-electron chi connectivity index (χ0n) is 12.4. The SMILES string of the molecule is Cn1ccc(NS(=O)(=O)c2ccc(-n3cccn3)c(F)c2)nc1=O. The highest BCUT2D eigenvalue weighted by Crippen LogP contribution is 2.19. The number of sulfonamides is 1. The molecule has 0 atom stereocenters. The fraction of sp³-hybridized carbons (Fsp3) is 0.0714. The number of nitrogens with one attached hydrogen (secondary N) is 1. The van der Waals surface area contributed by atoms with Gasteiger partial charge < -0.3 is 4.57 Å². The molecule has 1 N–H and O–H groups in total. The minimum atomic E-state index is -4.08. The molecule has 3 aromatic rings. The Morgan fingerprint density at radius 1 is 1.21 bits per heavy atom. The molecule has 0 aliphatic heterocycles. The Balaban J connectivity index is 1.93. The number of hydrogen-bond acceptors (Lipinski definition) is 5. The maximum atomic E-state index is 14.2. The summed E-state index contributed by atoms with van der Waals surface area (Å²) in [6.45, 7) is 0. The van der Waals surface area contributed by atoms with Crippen molar-refractivity contribution in [3.8, 4) is 5.69 Å². The molecule has 0 unspecified atom stereocenters. The Hall–Kier alpha value is -3.01. The lowest BCUT2D eigenvalue weighted by Gasteiger charge is -2.09. The number of anilines is 1. The van der Waals surface area contributed by atoms with E-state index in [1.54, 1.807) is 6.07 Å². The van der Waals surface area contributed by atoms with Crippen molar-refractivity contribution in [1.29, 1.82) is 0 Å². The van der Waals surface area contributed by atoms with Gasteiger partial charge in [0.2, 0.25) is 0 Å². The third-order valence-electron chi connectivity index (χ3n) is 3.19. The van der Waals surface area contributed by atoms with Crippen molar-refractivity contribution in [3.05, 3.63) is 65.2 Å². The van der Waals surface area contributed by atoms with E-state index in [0.29, 0.717) is 0 Å². The number of rotatable bonds is 4. The van der Waals surface area contributed by atoms with Crippen LogP contribution in [0.25, 0.3) is 5.69 Å². The maximum absolute atomic E-state index is 14.2. The molecule has 0 aliphatic rings. The van der Waals surface area contributed by atoms with Gasteiger partial charge in [-0.05, 0) is 30.3 Å². The van der Waals surface area contributed by atoms with Crippen molar-refractivity contribution < 1.29 is 12.8 Å². The molecule has 124 valence electrons. The van der Waals surface area contributed by atoms with Crippen LogP contribution in [0.3, 0.4) is 0 Å². The summed E-state index contributed by atoms with van der Waals surface area (Å²) < 4.78 is 43.4. The maximum Gasteiger partial charge on any atom is 0.349 e. The molecule has 0 fully saturated rings. The van der Waals surface area contributed by atoms with Crippen molar-refractivity contribution in [3.63, 3.8) is 0 Å². The topological polar surface area (TPSA) is 98.9 Å². The molecule has 2 aromatic heterocycles. The smallest absolute Gasteiger partial charge is 0.302 e. The van der Waals surface area contributed by atoms with E-state index in [1.165, 1.54) is 53.1 Å². The fourth-order valence-corrected chi connectivity index (χ4v) is 2.98. The van der Waals surface area contributed by atoms with Crippen molar-refractivity contribution >= 4 is 15.8 Å². The number of benzene rings is 1. The first-order valence-electron chi connectivity index (χ1n) is 6.73. The Labute approximate surface area is 136 Å². The van der Waals surface area contributed by atoms with Crippen LogP contribution in [0.2, 0.25) is 0 Å². The van der Waals surface area contributed by atoms with E-state index in [1.807, 2.05) is 0 Å². The van der Waals surface area contributed by atoms with Gasteiger partial charge in [-0.25, -0.2) is 22.3 Å². The Bertz CT molecular complexity index is 1040. The van der Waals surface area contributed by atoms with Gasteiger partial charge in [0.15, 0.2) is 0 Å². The van der Waals surface area contributed by atoms with Crippen LogP contribution in [0.15, 0.2) is 58.6 Å². The second-order valence-electron chi connectivity index (χ2n) is 4.88. The Kier molecular flexibility index (Phi) is 3.89. The minimum Gasteiger partial charge on any atom is -0.302 e. The molecule has 24 heavy (non-hydrogen) atoms. The average Bonchev–Trinajstić information content (AvgIpc) is 3.04. The molecule has 0 aliphatic carbocycles. The van der Waals surface area contributed by atoms with Gasteiger partial charge in [0, 0.05) is 25.6 Å².